The minimum atomic E-state index is -0.367. The number of rotatable bonds is 4. The van der Waals surface area contributed by atoms with E-state index in [0.29, 0.717) is 23.5 Å². The van der Waals surface area contributed by atoms with E-state index in [2.05, 4.69) is 21.5 Å². The Morgan fingerprint density at radius 3 is 2.78 bits per heavy atom. The zero-order valence-corrected chi connectivity index (χ0v) is 14.7. The van der Waals surface area contributed by atoms with Crippen molar-refractivity contribution in [3.05, 3.63) is 48.0 Å². The van der Waals surface area contributed by atoms with Gasteiger partial charge in [-0.2, -0.15) is 0 Å². The van der Waals surface area contributed by atoms with Crippen molar-refractivity contribution in [3.63, 3.8) is 0 Å². The van der Waals surface area contributed by atoms with Gasteiger partial charge in [0.1, 0.15) is 17.5 Å². The fraction of sp³-hybridized carbons (Fsp3) is 0.263. The molecule has 1 fully saturated rings. The number of fused-ring (bicyclic) bond motifs is 1. The Labute approximate surface area is 156 Å². The van der Waals surface area contributed by atoms with Gasteiger partial charge in [0, 0.05) is 17.8 Å². The maximum atomic E-state index is 12.6. The van der Waals surface area contributed by atoms with Gasteiger partial charge in [0.25, 0.3) is 5.91 Å². The molecule has 27 heavy (non-hydrogen) atoms. The molecular weight excluding hydrogens is 348 g/mol. The molecule has 0 aromatic heterocycles. The van der Waals surface area contributed by atoms with Crippen molar-refractivity contribution in [2.45, 2.75) is 18.5 Å². The lowest BCUT2D eigenvalue weighted by Crippen LogP contribution is -2.39. The Hall–Kier alpha value is -3.10. The first-order chi connectivity index (χ1) is 13.1. The molecule has 2 amide bonds. The van der Waals surface area contributed by atoms with Crippen molar-refractivity contribution in [2.24, 2.45) is 0 Å². The van der Waals surface area contributed by atoms with Gasteiger partial charge in [0.05, 0.1) is 12.8 Å². The minimum Gasteiger partial charge on any atom is -0.497 e. The first-order valence-corrected chi connectivity index (χ1v) is 8.65. The third-order valence-electron chi connectivity index (χ3n) is 4.62. The highest BCUT2D eigenvalue weighted by atomic mass is 16.5. The van der Waals surface area contributed by atoms with Gasteiger partial charge in [0.2, 0.25) is 5.91 Å². The average Bonchev–Trinajstić information content (AvgIpc) is 3.18. The summed E-state index contributed by atoms with van der Waals surface area (Å²) in [5, 5.41) is 5.60. The summed E-state index contributed by atoms with van der Waals surface area (Å²) < 4.78 is 10.5. The Bertz CT molecular complexity index is 869. The standard InChI is InChI=1S/C19H20N4O4/c1-26-13-5-2-11(3-6-13)15-9-16(23-22-15)19(25)20-12-4-7-14-17(8-12)27-10-18(24)21-14/h2-8,15-16,22-23H,9-10H2,1H3,(H,20,25)(H,21,24). The van der Waals surface area contributed by atoms with Crippen molar-refractivity contribution in [1.82, 2.24) is 10.9 Å². The lowest BCUT2D eigenvalue weighted by Gasteiger charge is -2.19. The summed E-state index contributed by atoms with van der Waals surface area (Å²) in [6.45, 7) is -0.0258. The number of hydrazine groups is 1. The molecule has 140 valence electrons. The summed E-state index contributed by atoms with van der Waals surface area (Å²) in [4.78, 5) is 23.9. The summed E-state index contributed by atoms with van der Waals surface area (Å²) >= 11 is 0. The molecule has 4 N–H and O–H groups in total. The Morgan fingerprint density at radius 2 is 2.00 bits per heavy atom. The topological polar surface area (TPSA) is 101 Å². The molecule has 8 nitrogen and oxygen atoms in total. The molecule has 2 aromatic rings. The highest BCUT2D eigenvalue weighted by Gasteiger charge is 2.30. The molecule has 0 saturated carbocycles. The van der Waals surface area contributed by atoms with Crippen LogP contribution in [-0.4, -0.2) is 31.6 Å². The second kappa shape index (κ2) is 7.26. The maximum absolute atomic E-state index is 12.6. The smallest absolute Gasteiger partial charge is 0.262 e. The van der Waals surface area contributed by atoms with Gasteiger partial charge in [-0.3, -0.25) is 9.59 Å². The van der Waals surface area contributed by atoms with E-state index in [0.717, 1.165) is 11.3 Å². The summed E-state index contributed by atoms with van der Waals surface area (Å²) in [5.41, 5.74) is 8.50. The maximum Gasteiger partial charge on any atom is 0.262 e. The first kappa shape index (κ1) is 17.3. The number of hydrogen-bond donors (Lipinski definition) is 4. The van der Waals surface area contributed by atoms with Crippen LogP contribution in [0.25, 0.3) is 0 Å². The molecule has 0 aliphatic carbocycles. The molecule has 2 heterocycles. The van der Waals surface area contributed by atoms with Crippen molar-refractivity contribution < 1.29 is 19.1 Å². The van der Waals surface area contributed by atoms with Crippen molar-refractivity contribution in [1.29, 1.82) is 0 Å². The van der Waals surface area contributed by atoms with Crippen molar-refractivity contribution in [2.75, 3.05) is 24.4 Å². The Morgan fingerprint density at radius 1 is 1.19 bits per heavy atom. The third kappa shape index (κ3) is 3.71. The van der Waals surface area contributed by atoms with Crippen LogP contribution in [0.15, 0.2) is 42.5 Å². The quantitative estimate of drug-likeness (QED) is 0.654. The highest BCUT2D eigenvalue weighted by Crippen LogP contribution is 2.31. The van der Waals surface area contributed by atoms with Crippen LogP contribution in [-0.2, 0) is 9.59 Å². The fourth-order valence-electron chi connectivity index (χ4n) is 3.16. The number of carbonyl (C=O) groups is 2. The molecule has 2 aliphatic rings. The van der Waals surface area contributed by atoms with Gasteiger partial charge < -0.3 is 20.1 Å². The molecular formula is C19H20N4O4. The van der Waals surface area contributed by atoms with Crippen LogP contribution < -0.4 is 31.0 Å². The second-order valence-corrected chi connectivity index (χ2v) is 6.44. The largest absolute Gasteiger partial charge is 0.497 e. The van der Waals surface area contributed by atoms with Gasteiger partial charge in [-0.25, -0.2) is 10.9 Å². The van der Waals surface area contributed by atoms with Crippen LogP contribution in [0.3, 0.4) is 0 Å². The van der Waals surface area contributed by atoms with Crippen LogP contribution in [0.1, 0.15) is 18.0 Å². The summed E-state index contributed by atoms with van der Waals surface area (Å²) in [5.74, 6) is 1.01. The zero-order valence-electron chi connectivity index (χ0n) is 14.7. The lowest BCUT2D eigenvalue weighted by molar-refractivity contribution is -0.119. The molecule has 2 aliphatic heterocycles. The molecule has 8 heteroatoms. The first-order valence-electron chi connectivity index (χ1n) is 8.65. The second-order valence-electron chi connectivity index (χ2n) is 6.44. The molecule has 1 saturated heterocycles. The predicted molar refractivity (Wildman–Crippen MR) is 99.6 cm³/mol. The van der Waals surface area contributed by atoms with E-state index >= 15 is 0 Å². The molecule has 0 radical (unpaired) electrons. The zero-order chi connectivity index (χ0) is 18.8. The fourth-order valence-corrected chi connectivity index (χ4v) is 3.16. The molecule has 4 rings (SSSR count). The minimum absolute atomic E-state index is 0.0258. The van der Waals surface area contributed by atoms with Crippen LogP contribution in [0.2, 0.25) is 0 Å². The molecule has 0 bridgehead atoms. The van der Waals surface area contributed by atoms with E-state index in [1.807, 2.05) is 24.3 Å². The van der Waals surface area contributed by atoms with Crippen molar-refractivity contribution in [3.8, 4) is 11.5 Å². The van der Waals surface area contributed by atoms with E-state index in [1.54, 1.807) is 25.3 Å². The summed E-state index contributed by atoms with van der Waals surface area (Å²) in [6.07, 6.45) is 0.621. The predicted octanol–water partition coefficient (Wildman–Crippen LogP) is 1.57. The Balaban J connectivity index is 1.38. The van der Waals surface area contributed by atoms with Crippen LogP contribution in [0.4, 0.5) is 11.4 Å². The number of carbonyl (C=O) groups excluding carboxylic acids is 2. The van der Waals surface area contributed by atoms with Crippen LogP contribution in [0.5, 0.6) is 11.5 Å². The normalized spacial score (nSPS) is 21.0. The van der Waals surface area contributed by atoms with E-state index in [-0.39, 0.29) is 30.5 Å². The molecule has 2 unspecified atom stereocenters. The number of ether oxygens (including phenoxy) is 2. The summed E-state index contributed by atoms with van der Waals surface area (Å²) in [6, 6.07) is 12.6. The number of anilines is 2. The van der Waals surface area contributed by atoms with Gasteiger partial charge >= 0.3 is 0 Å². The number of benzene rings is 2. The number of methoxy groups -OCH3 is 1. The number of hydrogen-bond acceptors (Lipinski definition) is 6. The van der Waals surface area contributed by atoms with Gasteiger partial charge in [-0.1, -0.05) is 12.1 Å². The molecule has 2 atom stereocenters. The summed E-state index contributed by atoms with van der Waals surface area (Å²) in [7, 11) is 1.63. The SMILES string of the molecule is COc1ccc(C2CC(C(=O)Nc3ccc4c(c3)OCC(=O)N4)NN2)cc1. The third-order valence-corrected chi connectivity index (χ3v) is 4.62. The van der Waals surface area contributed by atoms with Gasteiger partial charge in [0.15, 0.2) is 6.61 Å². The van der Waals surface area contributed by atoms with E-state index in [9.17, 15) is 9.59 Å². The van der Waals surface area contributed by atoms with Crippen LogP contribution in [0, 0.1) is 0 Å². The van der Waals surface area contributed by atoms with Gasteiger partial charge in [-0.15, -0.1) is 0 Å². The van der Waals surface area contributed by atoms with E-state index in [1.165, 1.54) is 0 Å². The molecule has 0 spiro atoms. The highest BCUT2D eigenvalue weighted by molar-refractivity contribution is 5.98. The van der Waals surface area contributed by atoms with Gasteiger partial charge in [-0.05, 0) is 36.2 Å². The van der Waals surface area contributed by atoms with E-state index in [4.69, 9.17) is 9.47 Å². The van der Waals surface area contributed by atoms with Crippen molar-refractivity contribution >= 4 is 23.2 Å². The Kier molecular flexibility index (Phi) is 4.66. The number of amides is 2. The molecule has 2 aromatic carbocycles. The monoisotopic (exact) mass is 368 g/mol. The van der Waals surface area contributed by atoms with E-state index < -0.39 is 0 Å². The van der Waals surface area contributed by atoms with Crippen LogP contribution >= 0.6 is 0 Å². The lowest BCUT2D eigenvalue weighted by atomic mass is 10.0. The average molecular weight is 368 g/mol. The number of nitrogens with one attached hydrogen (secondary N) is 4.